The van der Waals surface area contributed by atoms with Crippen LogP contribution in [0.3, 0.4) is 0 Å². The fraction of sp³-hybridized carbons (Fsp3) is 0.833. The summed E-state index contributed by atoms with van der Waals surface area (Å²) in [5, 5.41) is 11.7. The van der Waals surface area contributed by atoms with Gasteiger partial charge in [-0.15, -0.1) is 0 Å². The van der Waals surface area contributed by atoms with Crippen LogP contribution in [0, 0.1) is 11.3 Å². The Hall–Kier alpha value is -1.10. The van der Waals surface area contributed by atoms with Gasteiger partial charge in [0.1, 0.15) is 0 Å². The number of rotatable bonds is 3. The monoisotopic (exact) mass is 241 g/mol. The molecule has 1 saturated heterocycles. The summed E-state index contributed by atoms with van der Waals surface area (Å²) < 4.78 is 5.34. The lowest BCUT2D eigenvalue weighted by atomic mass is 9.78. The Balaban J connectivity index is 1.80. The minimum atomic E-state index is -0.761. The van der Waals surface area contributed by atoms with Crippen LogP contribution in [0.4, 0.5) is 0 Å². The van der Waals surface area contributed by atoms with Crippen molar-refractivity contribution < 1.29 is 19.4 Å². The maximum absolute atomic E-state index is 12.1. The molecule has 1 unspecified atom stereocenters. The summed E-state index contributed by atoms with van der Waals surface area (Å²) in [6, 6.07) is 0.0300. The molecule has 1 aliphatic carbocycles. The molecule has 0 aromatic carbocycles. The third-order valence-electron chi connectivity index (χ3n) is 3.81. The van der Waals surface area contributed by atoms with Gasteiger partial charge in [0.25, 0.3) is 0 Å². The standard InChI is InChI=1S/C12H19NO4/c1-12(3-2-4-17-7-12)11(16)13-9-5-8(6-9)10(14)15/h8-9H,2-7H2,1H3,(H,13,16)(H,14,15). The summed E-state index contributed by atoms with van der Waals surface area (Å²) in [4.78, 5) is 22.7. The van der Waals surface area contributed by atoms with Crippen molar-refractivity contribution in [1.29, 1.82) is 0 Å². The molecule has 1 heterocycles. The molecule has 96 valence electrons. The third-order valence-corrected chi connectivity index (χ3v) is 3.81. The number of aliphatic carboxylic acids is 1. The normalized spacial score (nSPS) is 37.0. The van der Waals surface area contributed by atoms with Crippen molar-refractivity contribution >= 4 is 11.9 Å². The highest BCUT2D eigenvalue weighted by Gasteiger charge is 2.40. The minimum absolute atomic E-state index is 0.00559. The molecule has 2 N–H and O–H groups in total. The van der Waals surface area contributed by atoms with Gasteiger partial charge in [-0.05, 0) is 32.6 Å². The maximum atomic E-state index is 12.1. The zero-order chi connectivity index (χ0) is 12.5. The number of carbonyl (C=O) groups excluding carboxylic acids is 1. The first-order chi connectivity index (χ1) is 8.01. The summed E-state index contributed by atoms with van der Waals surface area (Å²) in [6.45, 7) is 3.11. The van der Waals surface area contributed by atoms with Crippen LogP contribution in [0.1, 0.15) is 32.6 Å². The Kier molecular flexibility index (Phi) is 3.38. The lowest BCUT2D eigenvalue weighted by Crippen LogP contribution is -2.52. The van der Waals surface area contributed by atoms with E-state index in [9.17, 15) is 9.59 Å². The van der Waals surface area contributed by atoms with Gasteiger partial charge in [-0.2, -0.15) is 0 Å². The van der Waals surface area contributed by atoms with E-state index in [2.05, 4.69) is 5.32 Å². The average Bonchev–Trinajstić information content (AvgIpc) is 2.22. The number of hydrogen-bond acceptors (Lipinski definition) is 3. The summed E-state index contributed by atoms with van der Waals surface area (Å²) >= 11 is 0. The predicted octanol–water partition coefficient (Wildman–Crippen LogP) is 0.782. The highest BCUT2D eigenvalue weighted by Crippen LogP contribution is 2.31. The van der Waals surface area contributed by atoms with Gasteiger partial charge in [0.2, 0.25) is 5.91 Å². The molecule has 2 aliphatic rings. The van der Waals surface area contributed by atoms with Gasteiger partial charge in [0, 0.05) is 12.6 Å². The Labute approximate surface area is 101 Å². The molecule has 2 rings (SSSR count). The minimum Gasteiger partial charge on any atom is -0.481 e. The van der Waals surface area contributed by atoms with E-state index >= 15 is 0 Å². The molecule has 0 aromatic heterocycles. The molecular formula is C12H19NO4. The van der Waals surface area contributed by atoms with E-state index in [1.807, 2.05) is 6.92 Å². The third kappa shape index (κ3) is 2.60. The number of nitrogens with one attached hydrogen (secondary N) is 1. The van der Waals surface area contributed by atoms with Gasteiger partial charge in [-0.3, -0.25) is 9.59 Å². The van der Waals surface area contributed by atoms with E-state index in [0.717, 1.165) is 19.4 Å². The van der Waals surface area contributed by atoms with E-state index < -0.39 is 11.4 Å². The molecule has 2 fully saturated rings. The molecular weight excluding hydrogens is 222 g/mol. The second-order valence-corrected chi connectivity index (χ2v) is 5.39. The van der Waals surface area contributed by atoms with Crippen LogP contribution in [0.5, 0.6) is 0 Å². The smallest absolute Gasteiger partial charge is 0.306 e. The van der Waals surface area contributed by atoms with E-state index in [0.29, 0.717) is 19.4 Å². The van der Waals surface area contributed by atoms with E-state index in [4.69, 9.17) is 9.84 Å². The number of carboxylic acid groups (broad SMARTS) is 1. The highest BCUT2D eigenvalue weighted by atomic mass is 16.5. The topological polar surface area (TPSA) is 75.6 Å². The lowest BCUT2D eigenvalue weighted by molar-refractivity contribution is -0.148. The molecule has 0 bridgehead atoms. The Morgan fingerprint density at radius 3 is 2.65 bits per heavy atom. The van der Waals surface area contributed by atoms with Gasteiger partial charge < -0.3 is 15.2 Å². The van der Waals surface area contributed by atoms with Crippen LogP contribution >= 0.6 is 0 Å². The fourth-order valence-electron chi connectivity index (χ4n) is 2.41. The van der Waals surface area contributed by atoms with Crippen molar-refractivity contribution in [3.05, 3.63) is 0 Å². The number of ether oxygens (including phenoxy) is 1. The molecule has 0 aromatic rings. The molecule has 17 heavy (non-hydrogen) atoms. The number of carboxylic acids is 1. The Morgan fingerprint density at radius 1 is 1.41 bits per heavy atom. The van der Waals surface area contributed by atoms with Crippen molar-refractivity contribution in [1.82, 2.24) is 5.32 Å². The number of amides is 1. The van der Waals surface area contributed by atoms with Crippen molar-refractivity contribution in [2.45, 2.75) is 38.6 Å². The van der Waals surface area contributed by atoms with E-state index in [-0.39, 0.29) is 17.9 Å². The van der Waals surface area contributed by atoms with E-state index in [1.54, 1.807) is 0 Å². The van der Waals surface area contributed by atoms with Gasteiger partial charge in [-0.25, -0.2) is 0 Å². The first-order valence-corrected chi connectivity index (χ1v) is 6.13. The molecule has 5 nitrogen and oxygen atoms in total. The Morgan fingerprint density at radius 2 is 2.12 bits per heavy atom. The predicted molar refractivity (Wildman–Crippen MR) is 60.5 cm³/mol. The molecule has 1 saturated carbocycles. The summed E-state index contributed by atoms with van der Waals surface area (Å²) in [5.41, 5.74) is -0.438. The van der Waals surface area contributed by atoms with Crippen molar-refractivity contribution in [3.63, 3.8) is 0 Å². The van der Waals surface area contributed by atoms with Gasteiger partial charge in [0.05, 0.1) is 17.9 Å². The van der Waals surface area contributed by atoms with Crippen LogP contribution in [0.25, 0.3) is 0 Å². The van der Waals surface area contributed by atoms with Crippen LogP contribution in [-0.2, 0) is 14.3 Å². The zero-order valence-corrected chi connectivity index (χ0v) is 10.1. The molecule has 0 spiro atoms. The van der Waals surface area contributed by atoms with Crippen LogP contribution in [0.2, 0.25) is 0 Å². The van der Waals surface area contributed by atoms with Gasteiger partial charge in [-0.1, -0.05) is 0 Å². The lowest BCUT2D eigenvalue weighted by Gasteiger charge is -2.38. The molecule has 5 heteroatoms. The molecule has 1 aliphatic heterocycles. The van der Waals surface area contributed by atoms with Crippen molar-refractivity contribution in [2.75, 3.05) is 13.2 Å². The SMILES string of the molecule is CC1(C(=O)NC2CC(C(=O)O)C2)CCCOC1. The summed E-state index contributed by atoms with van der Waals surface area (Å²) in [5.74, 6) is -1.04. The number of carbonyl (C=O) groups is 2. The van der Waals surface area contributed by atoms with Crippen LogP contribution < -0.4 is 5.32 Å². The second-order valence-electron chi connectivity index (χ2n) is 5.39. The highest BCUT2D eigenvalue weighted by molar-refractivity contribution is 5.83. The first kappa shape index (κ1) is 12.4. The van der Waals surface area contributed by atoms with Crippen molar-refractivity contribution in [3.8, 4) is 0 Å². The second kappa shape index (κ2) is 4.64. The van der Waals surface area contributed by atoms with Crippen molar-refractivity contribution in [2.24, 2.45) is 11.3 Å². The Bertz CT molecular complexity index is 316. The quantitative estimate of drug-likeness (QED) is 0.765. The molecule has 1 atom stereocenters. The molecule has 0 radical (unpaired) electrons. The fourth-order valence-corrected chi connectivity index (χ4v) is 2.41. The molecule has 1 amide bonds. The van der Waals surface area contributed by atoms with E-state index in [1.165, 1.54) is 0 Å². The largest absolute Gasteiger partial charge is 0.481 e. The number of hydrogen-bond donors (Lipinski definition) is 2. The van der Waals surface area contributed by atoms with Gasteiger partial charge in [0.15, 0.2) is 0 Å². The zero-order valence-electron chi connectivity index (χ0n) is 10.1. The maximum Gasteiger partial charge on any atom is 0.306 e. The first-order valence-electron chi connectivity index (χ1n) is 6.13. The summed E-state index contributed by atoms with van der Waals surface area (Å²) in [6.07, 6.45) is 2.86. The van der Waals surface area contributed by atoms with Crippen LogP contribution in [0.15, 0.2) is 0 Å². The summed E-state index contributed by atoms with van der Waals surface area (Å²) in [7, 11) is 0. The van der Waals surface area contributed by atoms with Gasteiger partial charge >= 0.3 is 5.97 Å². The average molecular weight is 241 g/mol. The van der Waals surface area contributed by atoms with Crippen LogP contribution in [-0.4, -0.2) is 36.2 Å².